The monoisotopic (exact) mass is 264 g/mol. The zero-order chi connectivity index (χ0) is 13.3. The van der Waals surface area contributed by atoms with Gasteiger partial charge >= 0.3 is 0 Å². The van der Waals surface area contributed by atoms with Crippen LogP contribution in [-0.4, -0.2) is 37.3 Å². The molecule has 3 rings (SSSR count). The Morgan fingerprint density at radius 2 is 2.00 bits per heavy atom. The van der Waals surface area contributed by atoms with Gasteiger partial charge in [-0.1, -0.05) is 18.2 Å². The maximum absolute atomic E-state index is 10.3. The summed E-state index contributed by atoms with van der Waals surface area (Å²) in [4.78, 5) is 0. The van der Waals surface area contributed by atoms with Gasteiger partial charge in [-0.2, -0.15) is 0 Å². The molecule has 2 fully saturated rings. The van der Waals surface area contributed by atoms with Crippen molar-refractivity contribution in [1.82, 2.24) is 0 Å². The highest BCUT2D eigenvalue weighted by Gasteiger charge is 2.45. The SMILES string of the molecule is COc1ccccc1[C@@H]1CC2(CC[C@@H]1O)OCCO2. The zero-order valence-corrected chi connectivity index (χ0v) is 11.2. The molecule has 1 heterocycles. The predicted octanol–water partition coefficient (Wildman–Crippen LogP) is 2.07. The maximum Gasteiger partial charge on any atom is 0.169 e. The smallest absolute Gasteiger partial charge is 0.169 e. The molecule has 0 bridgehead atoms. The predicted molar refractivity (Wildman–Crippen MR) is 70.2 cm³/mol. The van der Waals surface area contributed by atoms with E-state index in [0.29, 0.717) is 26.1 Å². The van der Waals surface area contributed by atoms with Crippen LogP contribution in [0.1, 0.15) is 30.7 Å². The van der Waals surface area contributed by atoms with Gasteiger partial charge in [-0.25, -0.2) is 0 Å². The van der Waals surface area contributed by atoms with Crippen LogP contribution in [0.3, 0.4) is 0 Å². The van der Waals surface area contributed by atoms with E-state index in [1.807, 2.05) is 24.3 Å². The number of para-hydroxylation sites is 1. The van der Waals surface area contributed by atoms with E-state index in [0.717, 1.165) is 17.7 Å². The van der Waals surface area contributed by atoms with Crippen LogP contribution in [0, 0.1) is 0 Å². The lowest BCUT2D eigenvalue weighted by atomic mass is 9.78. The standard InChI is InChI=1S/C15H20O4/c1-17-14-5-3-2-4-11(14)12-10-15(7-6-13(12)16)18-8-9-19-15/h2-5,12-13,16H,6-10H2,1H3/t12-,13-/m0/s1. The molecule has 1 spiro atoms. The molecular weight excluding hydrogens is 244 g/mol. The second-order valence-electron chi connectivity index (χ2n) is 5.27. The van der Waals surface area contributed by atoms with Crippen LogP contribution < -0.4 is 4.74 Å². The average Bonchev–Trinajstić information content (AvgIpc) is 2.90. The van der Waals surface area contributed by atoms with E-state index in [1.54, 1.807) is 7.11 Å². The number of aliphatic hydroxyl groups is 1. The van der Waals surface area contributed by atoms with Crippen molar-refractivity contribution in [3.8, 4) is 5.75 Å². The molecule has 2 aliphatic rings. The Hall–Kier alpha value is -1.10. The fourth-order valence-corrected chi connectivity index (χ4v) is 3.19. The number of hydrogen-bond donors (Lipinski definition) is 1. The van der Waals surface area contributed by atoms with Crippen LogP contribution in [0.4, 0.5) is 0 Å². The van der Waals surface area contributed by atoms with Crippen molar-refractivity contribution in [2.24, 2.45) is 0 Å². The van der Waals surface area contributed by atoms with E-state index in [9.17, 15) is 5.11 Å². The number of benzene rings is 1. The summed E-state index contributed by atoms with van der Waals surface area (Å²) in [5.74, 6) is 0.328. The van der Waals surface area contributed by atoms with Gasteiger partial charge in [0.05, 0.1) is 26.4 Å². The molecule has 1 aromatic rings. The van der Waals surface area contributed by atoms with Crippen molar-refractivity contribution in [1.29, 1.82) is 0 Å². The molecule has 0 radical (unpaired) electrons. The molecule has 104 valence electrons. The second-order valence-corrected chi connectivity index (χ2v) is 5.27. The van der Waals surface area contributed by atoms with Crippen LogP contribution >= 0.6 is 0 Å². The number of aliphatic hydroxyl groups excluding tert-OH is 1. The molecule has 1 aliphatic carbocycles. The van der Waals surface area contributed by atoms with Crippen LogP contribution in [0.25, 0.3) is 0 Å². The lowest BCUT2D eigenvalue weighted by Gasteiger charge is -2.39. The van der Waals surface area contributed by atoms with Crippen LogP contribution in [0.5, 0.6) is 5.75 Å². The molecule has 19 heavy (non-hydrogen) atoms. The van der Waals surface area contributed by atoms with Crippen LogP contribution in [0.2, 0.25) is 0 Å². The summed E-state index contributed by atoms with van der Waals surface area (Å²) in [6, 6.07) is 7.86. The summed E-state index contributed by atoms with van der Waals surface area (Å²) in [5, 5.41) is 10.3. The number of rotatable bonds is 2. The quantitative estimate of drug-likeness (QED) is 0.888. The molecule has 1 N–H and O–H groups in total. The molecule has 1 aliphatic heterocycles. The second kappa shape index (κ2) is 5.12. The summed E-state index contributed by atoms with van der Waals surface area (Å²) in [6.07, 6.45) is 1.78. The fraction of sp³-hybridized carbons (Fsp3) is 0.600. The molecule has 2 atom stereocenters. The minimum atomic E-state index is -0.495. The first-order valence-corrected chi connectivity index (χ1v) is 6.83. The van der Waals surface area contributed by atoms with Crippen molar-refractivity contribution in [3.63, 3.8) is 0 Å². The molecule has 1 saturated heterocycles. The Labute approximate surface area is 113 Å². The van der Waals surface area contributed by atoms with E-state index in [4.69, 9.17) is 14.2 Å². The molecule has 1 saturated carbocycles. The van der Waals surface area contributed by atoms with Gasteiger partial charge in [0.1, 0.15) is 5.75 Å². The molecule has 1 aromatic carbocycles. The number of hydrogen-bond acceptors (Lipinski definition) is 4. The summed E-state index contributed by atoms with van der Waals surface area (Å²) in [7, 11) is 1.66. The number of methoxy groups -OCH3 is 1. The third-order valence-electron chi connectivity index (χ3n) is 4.17. The van der Waals surface area contributed by atoms with Gasteiger partial charge in [0.25, 0.3) is 0 Å². The molecule has 0 unspecified atom stereocenters. The van der Waals surface area contributed by atoms with E-state index >= 15 is 0 Å². The van der Waals surface area contributed by atoms with Crippen molar-refractivity contribution in [2.45, 2.75) is 37.1 Å². The minimum absolute atomic E-state index is 0.00278. The Morgan fingerprint density at radius 3 is 2.74 bits per heavy atom. The van der Waals surface area contributed by atoms with Gasteiger partial charge in [0.15, 0.2) is 5.79 Å². The van der Waals surface area contributed by atoms with Gasteiger partial charge in [0.2, 0.25) is 0 Å². The zero-order valence-electron chi connectivity index (χ0n) is 11.2. The van der Waals surface area contributed by atoms with Crippen molar-refractivity contribution < 1.29 is 19.3 Å². The van der Waals surface area contributed by atoms with Crippen molar-refractivity contribution >= 4 is 0 Å². The van der Waals surface area contributed by atoms with Crippen molar-refractivity contribution in [2.75, 3.05) is 20.3 Å². The highest BCUT2D eigenvalue weighted by atomic mass is 16.7. The normalized spacial score (nSPS) is 29.6. The largest absolute Gasteiger partial charge is 0.496 e. The highest BCUT2D eigenvalue weighted by Crippen LogP contribution is 2.45. The minimum Gasteiger partial charge on any atom is -0.496 e. The van der Waals surface area contributed by atoms with Crippen LogP contribution in [0.15, 0.2) is 24.3 Å². The summed E-state index contributed by atoms with van der Waals surface area (Å²) in [5.41, 5.74) is 1.04. The topological polar surface area (TPSA) is 47.9 Å². The third kappa shape index (κ3) is 2.36. The number of ether oxygens (including phenoxy) is 3. The van der Waals surface area contributed by atoms with Crippen LogP contribution in [-0.2, 0) is 9.47 Å². The Morgan fingerprint density at radius 1 is 1.26 bits per heavy atom. The van der Waals surface area contributed by atoms with Gasteiger partial charge in [-0.15, -0.1) is 0 Å². The van der Waals surface area contributed by atoms with E-state index in [-0.39, 0.29) is 12.0 Å². The van der Waals surface area contributed by atoms with Gasteiger partial charge in [-0.05, 0) is 18.1 Å². The molecule has 0 amide bonds. The summed E-state index contributed by atoms with van der Waals surface area (Å²) in [6.45, 7) is 1.30. The Kier molecular flexibility index (Phi) is 3.48. The average molecular weight is 264 g/mol. The van der Waals surface area contributed by atoms with E-state index in [2.05, 4.69) is 0 Å². The highest BCUT2D eigenvalue weighted by molar-refractivity contribution is 5.37. The summed E-state index contributed by atoms with van der Waals surface area (Å²) >= 11 is 0. The van der Waals surface area contributed by atoms with E-state index < -0.39 is 5.79 Å². The van der Waals surface area contributed by atoms with E-state index in [1.165, 1.54) is 0 Å². The van der Waals surface area contributed by atoms with Crippen molar-refractivity contribution in [3.05, 3.63) is 29.8 Å². The molecule has 0 aromatic heterocycles. The lowest BCUT2D eigenvalue weighted by Crippen LogP contribution is -2.41. The fourth-order valence-electron chi connectivity index (χ4n) is 3.19. The first-order chi connectivity index (χ1) is 9.24. The Bertz CT molecular complexity index is 440. The maximum atomic E-state index is 10.3. The molecular formula is C15H20O4. The lowest BCUT2D eigenvalue weighted by molar-refractivity contribution is -0.193. The summed E-state index contributed by atoms with van der Waals surface area (Å²) < 4.78 is 17.0. The van der Waals surface area contributed by atoms with Gasteiger partial charge in [-0.3, -0.25) is 0 Å². The first kappa shape index (κ1) is 12.9. The molecule has 4 heteroatoms. The van der Waals surface area contributed by atoms with Gasteiger partial charge in [0, 0.05) is 18.8 Å². The Balaban J connectivity index is 1.89. The molecule has 4 nitrogen and oxygen atoms in total. The first-order valence-electron chi connectivity index (χ1n) is 6.83. The third-order valence-corrected chi connectivity index (χ3v) is 4.17. The van der Waals surface area contributed by atoms with Gasteiger partial charge < -0.3 is 19.3 Å².